The Morgan fingerprint density at radius 3 is 2.83 bits per heavy atom. The van der Waals surface area contributed by atoms with Gasteiger partial charge in [0.2, 0.25) is 0 Å². The number of nitrogens with zero attached hydrogens (tertiary/aromatic N) is 4. The molecule has 0 spiro atoms. The molecule has 2 unspecified atom stereocenters. The average Bonchev–Trinajstić information content (AvgIpc) is 2.68. The number of rotatable bonds is 2. The smallest absolute Gasteiger partial charge is 0.270 e. The van der Waals surface area contributed by atoms with Gasteiger partial charge in [-0.3, -0.25) is 15.0 Å². The van der Waals surface area contributed by atoms with E-state index in [1.165, 1.54) is 25.3 Å². The molecule has 1 aromatic carbocycles. The van der Waals surface area contributed by atoms with Crippen LogP contribution in [0.5, 0.6) is 0 Å². The molecule has 6 heteroatoms. The monoisotopic (exact) mass is 326 g/mol. The van der Waals surface area contributed by atoms with E-state index in [1.807, 2.05) is 12.3 Å². The number of piperidine rings is 1. The van der Waals surface area contributed by atoms with Gasteiger partial charge in [-0.25, -0.2) is 4.98 Å². The van der Waals surface area contributed by atoms with Crippen molar-refractivity contribution in [3.63, 3.8) is 0 Å². The van der Waals surface area contributed by atoms with Crippen LogP contribution >= 0.6 is 0 Å². The van der Waals surface area contributed by atoms with Gasteiger partial charge in [-0.1, -0.05) is 6.42 Å². The standard InChI is InChI=1S/C18H22N4O2/c1-20-15-3-2-4-17(20)12-21(8-7-15)18-10-14-9-16(22(23)24)6-5-13(14)11-19-18/h5-6,9-11,15,17H,2-4,7-8,12H2,1H3. The lowest BCUT2D eigenvalue weighted by atomic mass is 9.96. The third-order valence-electron chi connectivity index (χ3n) is 5.62. The number of likely N-dealkylation sites (N-methyl/N-ethyl adjacent to an activating group) is 1. The Labute approximate surface area is 141 Å². The fourth-order valence-corrected chi connectivity index (χ4v) is 4.12. The highest BCUT2D eigenvalue weighted by Gasteiger charge is 2.32. The van der Waals surface area contributed by atoms with Gasteiger partial charge in [0.05, 0.1) is 4.92 Å². The zero-order valence-electron chi connectivity index (χ0n) is 13.9. The van der Waals surface area contributed by atoms with Crippen molar-refractivity contribution in [2.45, 2.75) is 37.8 Å². The molecule has 6 nitrogen and oxygen atoms in total. The van der Waals surface area contributed by atoms with Gasteiger partial charge in [0.1, 0.15) is 5.82 Å². The van der Waals surface area contributed by atoms with Crippen molar-refractivity contribution < 1.29 is 4.92 Å². The largest absolute Gasteiger partial charge is 0.355 e. The average molecular weight is 326 g/mol. The maximum atomic E-state index is 11.0. The number of hydrogen-bond acceptors (Lipinski definition) is 5. The van der Waals surface area contributed by atoms with E-state index in [2.05, 4.69) is 21.8 Å². The maximum absolute atomic E-state index is 11.0. The van der Waals surface area contributed by atoms with Gasteiger partial charge in [-0.15, -0.1) is 0 Å². The normalized spacial score (nSPS) is 24.8. The predicted octanol–water partition coefficient (Wildman–Crippen LogP) is 3.21. The van der Waals surface area contributed by atoms with Gasteiger partial charge >= 0.3 is 0 Å². The van der Waals surface area contributed by atoms with Crippen molar-refractivity contribution in [2.24, 2.45) is 0 Å². The van der Waals surface area contributed by atoms with Crippen LogP contribution in [0.25, 0.3) is 10.8 Å². The van der Waals surface area contributed by atoms with Crippen LogP contribution in [0.15, 0.2) is 30.5 Å². The molecule has 24 heavy (non-hydrogen) atoms. The summed E-state index contributed by atoms with van der Waals surface area (Å²) in [7, 11) is 2.25. The SMILES string of the molecule is CN1C2CCCC1CN(c1cc3cc([N+](=O)[O-])ccc3cn1)CC2. The Kier molecular flexibility index (Phi) is 3.84. The van der Waals surface area contributed by atoms with Gasteiger partial charge in [0.15, 0.2) is 0 Å². The minimum Gasteiger partial charge on any atom is -0.355 e. The zero-order chi connectivity index (χ0) is 16.7. The van der Waals surface area contributed by atoms with Crippen molar-refractivity contribution in [3.05, 3.63) is 40.6 Å². The van der Waals surface area contributed by atoms with Gasteiger partial charge in [-0.2, -0.15) is 0 Å². The fourth-order valence-electron chi connectivity index (χ4n) is 4.12. The molecule has 2 fully saturated rings. The van der Waals surface area contributed by atoms with E-state index in [9.17, 15) is 10.1 Å². The minimum atomic E-state index is -0.344. The van der Waals surface area contributed by atoms with Crippen LogP contribution in [0.4, 0.5) is 11.5 Å². The van der Waals surface area contributed by atoms with E-state index in [1.54, 1.807) is 12.1 Å². The van der Waals surface area contributed by atoms with Crippen molar-refractivity contribution in [3.8, 4) is 0 Å². The molecular weight excluding hydrogens is 304 g/mol. The first-order valence-electron chi connectivity index (χ1n) is 8.63. The van der Waals surface area contributed by atoms with E-state index >= 15 is 0 Å². The van der Waals surface area contributed by atoms with Crippen molar-refractivity contribution in [1.82, 2.24) is 9.88 Å². The van der Waals surface area contributed by atoms with Gasteiger partial charge in [0.25, 0.3) is 5.69 Å². The number of nitro benzene ring substituents is 1. The molecule has 2 aliphatic rings. The van der Waals surface area contributed by atoms with Crippen molar-refractivity contribution in [2.75, 3.05) is 25.0 Å². The quantitative estimate of drug-likeness (QED) is 0.626. The van der Waals surface area contributed by atoms with E-state index < -0.39 is 0 Å². The third kappa shape index (κ3) is 2.71. The number of pyridine rings is 1. The molecule has 3 heterocycles. The molecule has 1 aromatic heterocycles. The highest BCUT2D eigenvalue weighted by atomic mass is 16.6. The fraction of sp³-hybridized carbons (Fsp3) is 0.500. The zero-order valence-corrected chi connectivity index (χ0v) is 13.9. The van der Waals surface area contributed by atoms with E-state index in [0.29, 0.717) is 12.1 Å². The van der Waals surface area contributed by atoms with Gasteiger partial charge < -0.3 is 4.90 Å². The van der Waals surface area contributed by atoms with Crippen LogP contribution in [-0.4, -0.2) is 47.0 Å². The molecule has 0 N–H and O–H groups in total. The Hall–Kier alpha value is -2.21. The van der Waals surface area contributed by atoms with Crippen LogP contribution in [0.1, 0.15) is 25.7 Å². The number of aromatic nitrogens is 1. The molecule has 126 valence electrons. The summed E-state index contributed by atoms with van der Waals surface area (Å²) >= 11 is 0. The van der Waals surface area contributed by atoms with E-state index in [0.717, 1.165) is 36.1 Å². The number of nitro groups is 1. The second kappa shape index (κ2) is 6.02. The molecule has 2 bridgehead atoms. The molecule has 4 rings (SSSR count). The van der Waals surface area contributed by atoms with Crippen LogP contribution in [0, 0.1) is 10.1 Å². The van der Waals surface area contributed by atoms with Crippen LogP contribution in [0.2, 0.25) is 0 Å². The third-order valence-corrected chi connectivity index (χ3v) is 5.62. The molecule has 0 radical (unpaired) electrons. The summed E-state index contributed by atoms with van der Waals surface area (Å²) in [6, 6.07) is 8.20. The summed E-state index contributed by atoms with van der Waals surface area (Å²) in [6.45, 7) is 1.99. The second-order valence-electron chi connectivity index (χ2n) is 6.97. The van der Waals surface area contributed by atoms with Crippen LogP contribution in [-0.2, 0) is 0 Å². The lowest BCUT2D eigenvalue weighted by Gasteiger charge is -2.37. The molecule has 0 saturated carbocycles. The summed E-state index contributed by atoms with van der Waals surface area (Å²) in [5.41, 5.74) is 0.131. The summed E-state index contributed by atoms with van der Waals surface area (Å²) < 4.78 is 0. The summed E-state index contributed by atoms with van der Waals surface area (Å²) in [4.78, 5) is 20.2. The lowest BCUT2D eigenvalue weighted by Crippen LogP contribution is -2.45. The Morgan fingerprint density at radius 2 is 2.00 bits per heavy atom. The summed E-state index contributed by atoms with van der Waals surface area (Å²) in [5, 5.41) is 12.8. The molecule has 2 aliphatic heterocycles. The molecule has 0 amide bonds. The highest BCUT2D eigenvalue weighted by Crippen LogP contribution is 2.30. The molecule has 2 atom stereocenters. The Morgan fingerprint density at radius 1 is 1.17 bits per heavy atom. The number of benzene rings is 1. The van der Waals surface area contributed by atoms with E-state index in [4.69, 9.17) is 0 Å². The summed E-state index contributed by atoms with van der Waals surface area (Å²) in [6.07, 6.45) is 6.82. The van der Waals surface area contributed by atoms with Gasteiger partial charge in [-0.05, 0) is 43.8 Å². The molecular formula is C18H22N4O2. The van der Waals surface area contributed by atoms with Crippen molar-refractivity contribution >= 4 is 22.3 Å². The maximum Gasteiger partial charge on any atom is 0.270 e. The van der Waals surface area contributed by atoms with Crippen molar-refractivity contribution in [1.29, 1.82) is 0 Å². The van der Waals surface area contributed by atoms with Crippen LogP contribution in [0.3, 0.4) is 0 Å². The lowest BCUT2D eigenvalue weighted by molar-refractivity contribution is -0.384. The highest BCUT2D eigenvalue weighted by molar-refractivity contribution is 5.86. The second-order valence-corrected chi connectivity index (χ2v) is 6.97. The number of hydrogen-bond donors (Lipinski definition) is 0. The number of anilines is 1. The molecule has 2 saturated heterocycles. The Balaban J connectivity index is 1.66. The first-order chi connectivity index (χ1) is 11.6. The first-order valence-corrected chi connectivity index (χ1v) is 8.63. The molecule has 0 aliphatic carbocycles. The number of fused-ring (bicyclic) bond motifs is 3. The van der Waals surface area contributed by atoms with Gasteiger partial charge in [0, 0.05) is 48.9 Å². The Bertz CT molecular complexity index is 779. The number of non-ortho nitro benzene ring substituents is 1. The topological polar surface area (TPSA) is 62.5 Å². The first kappa shape index (κ1) is 15.3. The summed E-state index contributed by atoms with van der Waals surface area (Å²) in [5.74, 6) is 0.934. The predicted molar refractivity (Wildman–Crippen MR) is 94.4 cm³/mol. The molecule has 2 aromatic rings. The van der Waals surface area contributed by atoms with Crippen LogP contribution < -0.4 is 4.90 Å². The van der Waals surface area contributed by atoms with E-state index in [-0.39, 0.29) is 10.6 Å². The minimum absolute atomic E-state index is 0.131.